The van der Waals surface area contributed by atoms with Crippen LogP contribution in [-0.2, 0) is 28.5 Å². The van der Waals surface area contributed by atoms with Gasteiger partial charge in [0.2, 0.25) is 0 Å². The van der Waals surface area contributed by atoms with Crippen LogP contribution in [0.2, 0.25) is 0 Å². The number of hydrogen-bond acceptors (Lipinski definition) is 9. The maximum atomic E-state index is 13.1. The summed E-state index contributed by atoms with van der Waals surface area (Å²) in [7, 11) is 0. The maximum Gasteiger partial charge on any atom is 0.341 e. The number of carbonyl (C=O) groups excluding carboxylic acids is 2. The Bertz CT molecular complexity index is 1230. The number of fused-ring (bicyclic) bond motifs is 3. The molecule has 9 nitrogen and oxygen atoms in total. The Labute approximate surface area is 189 Å². The van der Waals surface area contributed by atoms with E-state index >= 15 is 0 Å². The average molecular weight is 458 g/mol. The molecule has 6 atom stereocenters. The molecule has 0 aliphatic carbocycles. The van der Waals surface area contributed by atoms with Crippen molar-refractivity contribution in [3.63, 3.8) is 0 Å². The van der Waals surface area contributed by atoms with Gasteiger partial charge in [-0.05, 0) is 59.7 Å². The minimum Gasteiger partial charge on any atom is -0.483 e. The second-order valence-corrected chi connectivity index (χ2v) is 9.74. The van der Waals surface area contributed by atoms with Crippen LogP contribution in [-0.4, -0.2) is 47.1 Å². The topological polar surface area (TPSA) is 117 Å². The smallest absolute Gasteiger partial charge is 0.341 e. The fourth-order valence-corrected chi connectivity index (χ4v) is 4.24. The molecule has 6 unspecified atom stereocenters. The Kier molecular flexibility index (Phi) is 4.52. The number of rotatable bonds is 4. The molecule has 0 saturated carbocycles. The molecule has 0 N–H and O–H groups in total. The average Bonchev–Trinajstić information content (AvgIpc) is 3.57. The summed E-state index contributed by atoms with van der Waals surface area (Å²) < 4.78 is 34.4. The van der Waals surface area contributed by atoms with Crippen LogP contribution in [0.25, 0.3) is 11.0 Å². The first kappa shape index (κ1) is 21.9. The number of esters is 2. The summed E-state index contributed by atoms with van der Waals surface area (Å²) in [5, 5.41) is 0.608. The number of benzene rings is 1. The molecule has 176 valence electrons. The van der Waals surface area contributed by atoms with Gasteiger partial charge in [-0.15, -0.1) is 0 Å². The van der Waals surface area contributed by atoms with Gasteiger partial charge in [-0.3, -0.25) is 0 Å². The van der Waals surface area contributed by atoms with E-state index in [1.807, 2.05) is 0 Å². The molecule has 1 aromatic carbocycles. The van der Waals surface area contributed by atoms with E-state index in [0.717, 1.165) is 0 Å². The maximum absolute atomic E-state index is 13.1. The first-order valence-corrected chi connectivity index (χ1v) is 10.9. The Morgan fingerprint density at radius 1 is 0.879 bits per heavy atom. The predicted octanol–water partition coefficient (Wildman–Crippen LogP) is 2.81. The molecule has 4 heterocycles. The number of ether oxygens (including phenoxy) is 5. The Balaban J connectivity index is 1.63. The molecule has 2 saturated heterocycles. The highest BCUT2D eigenvalue weighted by Crippen LogP contribution is 2.49. The van der Waals surface area contributed by atoms with E-state index in [0.29, 0.717) is 16.7 Å². The number of carbonyl (C=O) groups is 2. The lowest BCUT2D eigenvalue weighted by atomic mass is 9.87. The predicted molar refractivity (Wildman–Crippen MR) is 114 cm³/mol. The van der Waals surface area contributed by atoms with E-state index in [4.69, 9.17) is 28.1 Å². The van der Waals surface area contributed by atoms with Gasteiger partial charge in [-0.25, -0.2) is 14.4 Å². The van der Waals surface area contributed by atoms with Crippen LogP contribution < -0.4 is 10.4 Å². The summed E-state index contributed by atoms with van der Waals surface area (Å²) in [5.41, 5.74) is -3.33. The van der Waals surface area contributed by atoms with Crippen molar-refractivity contribution in [1.82, 2.24) is 0 Å². The normalized spacial score (nSPS) is 35.8. The fraction of sp³-hybridized carbons (Fsp3) is 0.542. The number of hydrogen-bond donors (Lipinski definition) is 0. The first-order chi connectivity index (χ1) is 15.4. The molecule has 5 rings (SSSR count). The van der Waals surface area contributed by atoms with Crippen LogP contribution in [0.4, 0.5) is 0 Å². The van der Waals surface area contributed by atoms with E-state index in [-0.39, 0.29) is 17.8 Å². The van der Waals surface area contributed by atoms with E-state index < -0.39 is 46.6 Å². The quantitative estimate of drug-likeness (QED) is 0.387. The van der Waals surface area contributed by atoms with Gasteiger partial charge in [0, 0.05) is 11.5 Å². The summed E-state index contributed by atoms with van der Waals surface area (Å²) in [6.45, 7) is 10.3. The lowest BCUT2D eigenvalue weighted by Gasteiger charge is -2.43. The van der Waals surface area contributed by atoms with E-state index in [9.17, 15) is 14.4 Å². The highest BCUT2D eigenvalue weighted by Gasteiger charge is 2.62. The fourth-order valence-electron chi connectivity index (χ4n) is 4.24. The van der Waals surface area contributed by atoms with Crippen molar-refractivity contribution in [3.8, 4) is 5.75 Å². The van der Waals surface area contributed by atoms with Gasteiger partial charge in [0.15, 0.2) is 23.4 Å². The molecule has 1 aromatic heterocycles. The molecule has 0 spiro atoms. The van der Waals surface area contributed by atoms with Crippen molar-refractivity contribution < 1.29 is 37.7 Å². The highest BCUT2D eigenvalue weighted by molar-refractivity contribution is 5.86. The Morgan fingerprint density at radius 3 is 2.00 bits per heavy atom. The lowest BCUT2D eigenvalue weighted by molar-refractivity contribution is -0.195. The molecule has 33 heavy (non-hydrogen) atoms. The van der Waals surface area contributed by atoms with Gasteiger partial charge in [0.1, 0.15) is 16.9 Å². The van der Waals surface area contributed by atoms with Crippen molar-refractivity contribution >= 4 is 22.9 Å². The molecule has 9 heteroatoms. The zero-order chi connectivity index (χ0) is 23.9. The van der Waals surface area contributed by atoms with Crippen LogP contribution in [0, 0.1) is 0 Å². The van der Waals surface area contributed by atoms with Crippen LogP contribution >= 0.6 is 0 Å². The first-order valence-electron chi connectivity index (χ1n) is 10.9. The third kappa shape index (κ3) is 3.33. The van der Waals surface area contributed by atoms with Gasteiger partial charge in [0.25, 0.3) is 0 Å². The molecule has 0 bridgehead atoms. The second kappa shape index (κ2) is 6.80. The summed E-state index contributed by atoms with van der Waals surface area (Å²) in [5.74, 6) is -0.837. The van der Waals surface area contributed by atoms with Crippen molar-refractivity contribution in [2.24, 2.45) is 0 Å². The van der Waals surface area contributed by atoms with Crippen molar-refractivity contribution in [1.29, 1.82) is 0 Å². The van der Waals surface area contributed by atoms with Gasteiger partial charge in [-0.1, -0.05) is 0 Å². The second-order valence-electron chi connectivity index (χ2n) is 9.74. The van der Waals surface area contributed by atoms with Gasteiger partial charge in [0.05, 0.1) is 17.8 Å². The molecule has 0 radical (unpaired) electrons. The lowest BCUT2D eigenvalue weighted by Crippen LogP contribution is -2.53. The van der Waals surface area contributed by atoms with Crippen molar-refractivity contribution in [2.45, 2.75) is 82.8 Å². The van der Waals surface area contributed by atoms with Crippen molar-refractivity contribution in [3.05, 3.63) is 40.2 Å². The minimum absolute atomic E-state index is 0.200. The minimum atomic E-state index is -1.11. The zero-order valence-corrected chi connectivity index (χ0v) is 19.3. The SMILES string of the molecule is CC1OC1(C)C(=O)OC1c2c(ccc3ccc(=O)oc23)OC(C)(C)C1OC(=O)C1(C)OC1C. The van der Waals surface area contributed by atoms with Gasteiger partial charge < -0.3 is 28.1 Å². The van der Waals surface area contributed by atoms with Crippen LogP contribution in [0.15, 0.2) is 33.5 Å². The van der Waals surface area contributed by atoms with Crippen LogP contribution in [0.1, 0.15) is 53.2 Å². The van der Waals surface area contributed by atoms with Gasteiger partial charge >= 0.3 is 17.6 Å². The highest BCUT2D eigenvalue weighted by atomic mass is 16.7. The molecule has 3 aliphatic heterocycles. The van der Waals surface area contributed by atoms with Crippen LogP contribution in [0.3, 0.4) is 0 Å². The molecule has 0 amide bonds. The molecule has 2 fully saturated rings. The molecular formula is C24H26O9. The van der Waals surface area contributed by atoms with E-state index in [1.54, 1.807) is 59.7 Å². The van der Waals surface area contributed by atoms with Gasteiger partial charge in [-0.2, -0.15) is 0 Å². The Morgan fingerprint density at radius 2 is 1.42 bits per heavy atom. The number of epoxide rings is 2. The molecule has 3 aliphatic rings. The molecule has 2 aromatic rings. The Hall–Kier alpha value is -2.91. The molecular weight excluding hydrogens is 432 g/mol. The zero-order valence-electron chi connectivity index (χ0n) is 19.3. The van der Waals surface area contributed by atoms with Crippen molar-refractivity contribution in [2.75, 3.05) is 0 Å². The van der Waals surface area contributed by atoms with E-state index in [2.05, 4.69) is 0 Å². The summed E-state index contributed by atoms with van der Waals surface area (Å²) >= 11 is 0. The summed E-state index contributed by atoms with van der Waals surface area (Å²) in [6.07, 6.45) is -2.78. The largest absolute Gasteiger partial charge is 0.483 e. The monoisotopic (exact) mass is 458 g/mol. The standard InChI is InChI=1S/C24H26O9/c1-11-23(5,31-11)20(26)29-18-16-14(9-7-13-8-10-15(25)28-17(13)16)33-22(3,4)19(18)30-21(27)24(6)12(2)32-24/h7-12,18-19H,1-6H3. The third-order valence-corrected chi connectivity index (χ3v) is 6.96. The van der Waals surface area contributed by atoms with E-state index in [1.165, 1.54) is 6.07 Å². The summed E-state index contributed by atoms with van der Waals surface area (Å²) in [6, 6.07) is 6.36. The van der Waals surface area contributed by atoms with Crippen LogP contribution in [0.5, 0.6) is 5.75 Å². The third-order valence-electron chi connectivity index (χ3n) is 6.96. The summed E-state index contributed by atoms with van der Waals surface area (Å²) in [4.78, 5) is 38.1.